The number of rotatable bonds is 6. The minimum Gasteiger partial charge on any atom is -0.392 e. The fraction of sp³-hybridized carbons (Fsp3) is 0.241. The largest absolute Gasteiger partial charge is 0.416 e. The number of halogens is 1. The van der Waals surface area contributed by atoms with Gasteiger partial charge in [0.05, 0.1) is 36.4 Å². The molecular formula is C29H28ClN5O5. The van der Waals surface area contributed by atoms with Crippen LogP contribution in [-0.2, 0) is 11.3 Å². The topological polar surface area (TPSA) is 106 Å². The first-order chi connectivity index (χ1) is 19.3. The first-order valence-electron chi connectivity index (χ1n) is 12.7. The van der Waals surface area contributed by atoms with Crippen LogP contribution in [0, 0.1) is 0 Å². The maximum atomic E-state index is 13.7. The van der Waals surface area contributed by atoms with E-state index in [1.165, 1.54) is 11.1 Å². The second-order valence-electron chi connectivity index (χ2n) is 9.39. The highest BCUT2D eigenvalue weighted by atomic mass is 35.5. The Balaban J connectivity index is 1.53. The molecule has 10 nitrogen and oxygen atoms in total. The highest BCUT2D eigenvalue weighted by Gasteiger charge is 2.24. The molecule has 5 rings (SSSR count). The summed E-state index contributed by atoms with van der Waals surface area (Å²) in [4.78, 5) is 47.3. The number of aromatic nitrogens is 2. The van der Waals surface area contributed by atoms with Gasteiger partial charge in [0, 0.05) is 49.5 Å². The Kier molecular flexibility index (Phi) is 7.99. The van der Waals surface area contributed by atoms with Crippen molar-refractivity contribution in [1.29, 1.82) is 0 Å². The van der Waals surface area contributed by atoms with Crippen LogP contribution in [0.3, 0.4) is 0 Å². The molecule has 1 fully saturated rings. The second kappa shape index (κ2) is 11.8. The molecular weight excluding hydrogens is 534 g/mol. The molecule has 0 bridgehead atoms. The molecule has 2 aromatic heterocycles. The van der Waals surface area contributed by atoms with Crippen LogP contribution in [0.25, 0.3) is 16.6 Å². The van der Waals surface area contributed by atoms with Gasteiger partial charge in [-0.1, -0.05) is 29.8 Å². The Morgan fingerprint density at radius 3 is 2.50 bits per heavy atom. The average molecular weight is 562 g/mol. The number of para-hydroxylation sites is 1. The smallest absolute Gasteiger partial charge is 0.392 e. The molecule has 3 heterocycles. The minimum absolute atomic E-state index is 0.00856. The third-order valence-electron chi connectivity index (χ3n) is 6.52. The van der Waals surface area contributed by atoms with Crippen molar-refractivity contribution in [1.82, 2.24) is 19.8 Å². The number of fused-ring (bicyclic) bond motifs is 1. The molecule has 1 aliphatic heterocycles. The van der Waals surface area contributed by atoms with E-state index in [9.17, 15) is 14.4 Å². The molecule has 1 N–H and O–H groups in total. The molecule has 4 aromatic rings. The summed E-state index contributed by atoms with van der Waals surface area (Å²) in [7, 11) is 3.08. The predicted molar refractivity (Wildman–Crippen MR) is 153 cm³/mol. The number of anilines is 1. The Morgan fingerprint density at radius 1 is 1.07 bits per heavy atom. The third-order valence-corrected chi connectivity index (χ3v) is 6.75. The van der Waals surface area contributed by atoms with Crippen molar-refractivity contribution in [3.05, 3.63) is 93.2 Å². The Bertz CT molecular complexity index is 1600. The van der Waals surface area contributed by atoms with Crippen LogP contribution < -0.4 is 20.4 Å². The van der Waals surface area contributed by atoms with Gasteiger partial charge < -0.3 is 24.6 Å². The number of morpholine rings is 1. The lowest BCUT2D eigenvalue weighted by molar-refractivity contribution is 0.0950. The zero-order chi connectivity index (χ0) is 28.2. The number of carbonyl (C=O) groups excluding carboxylic acids is 2. The van der Waals surface area contributed by atoms with Crippen LogP contribution in [-0.4, -0.2) is 66.9 Å². The average Bonchev–Trinajstić information content (AvgIpc) is 2.97. The van der Waals surface area contributed by atoms with E-state index in [2.05, 4.69) is 15.2 Å². The Hall–Kier alpha value is -4.41. The lowest BCUT2D eigenvalue weighted by Crippen LogP contribution is -2.36. The lowest BCUT2D eigenvalue weighted by atomic mass is 10.1. The van der Waals surface area contributed by atoms with Gasteiger partial charge in [0.2, 0.25) is 5.88 Å². The van der Waals surface area contributed by atoms with E-state index in [0.29, 0.717) is 40.4 Å². The van der Waals surface area contributed by atoms with Gasteiger partial charge in [0.25, 0.3) is 5.91 Å². The molecule has 2 amide bonds. The highest BCUT2D eigenvalue weighted by Crippen LogP contribution is 2.30. The van der Waals surface area contributed by atoms with Crippen LogP contribution in [0.5, 0.6) is 5.88 Å². The Labute approximate surface area is 235 Å². The van der Waals surface area contributed by atoms with E-state index in [1.807, 2.05) is 30.3 Å². The summed E-state index contributed by atoms with van der Waals surface area (Å²) in [6.07, 6.45) is 0.818. The molecule has 0 atom stereocenters. The van der Waals surface area contributed by atoms with Crippen molar-refractivity contribution >= 4 is 40.3 Å². The van der Waals surface area contributed by atoms with Crippen LogP contribution in [0.15, 0.2) is 71.7 Å². The quantitative estimate of drug-likeness (QED) is 0.381. The fourth-order valence-electron chi connectivity index (χ4n) is 4.43. The minimum atomic E-state index is -0.680. The number of carbonyl (C=O) groups is 2. The SMILES string of the molecule is CN(C)C(=O)Oc1c(CNC(=O)c2ccc(N3CCOCC3)nc2)c(=O)c2ccc(Cl)cc2n1-c1ccccc1. The first kappa shape index (κ1) is 27.2. The number of hydrogen-bond donors (Lipinski definition) is 1. The van der Waals surface area contributed by atoms with Gasteiger partial charge in [-0.15, -0.1) is 0 Å². The standard InChI is InChI=1S/C29H28ClN5O5/c1-33(2)29(38)40-28-23(18-32-27(37)19-8-11-25(31-17-19)34-12-14-39-15-13-34)26(36)22-10-9-20(30)16-24(22)35(28)21-6-4-3-5-7-21/h3-11,16-17H,12-15,18H2,1-2H3,(H,32,37). The van der Waals surface area contributed by atoms with Gasteiger partial charge in [-0.25, -0.2) is 9.78 Å². The molecule has 11 heteroatoms. The van der Waals surface area contributed by atoms with E-state index in [-0.39, 0.29) is 23.4 Å². The summed E-state index contributed by atoms with van der Waals surface area (Å²) in [5, 5.41) is 3.57. The molecule has 0 radical (unpaired) electrons. The van der Waals surface area contributed by atoms with Crippen LogP contribution in [0.4, 0.5) is 10.6 Å². The number of hydrogen-bond acceptors (Lipinski definition) is 7. The van der Waals surface area contributed by atoms with Gasteiger partial charge >= 0.3 is 6.09 Å². The van der Waals surface area contributed by atoms with Gasteiger partial charge in [-0.3, -0.25) is 14.2 Å². The number of pyridine rings is 2. The van der Waals surface area contributed by atoms with Crippen molar-refractivity contribution in [3.63, 3.8) is 0 Å². The number of ether oxygens (including phenoxy) is 2. The maximum Gasteiger partial charge on any atom is 0.416 e. The van der Waals surface area contributed by atoms with E-state index >= 15 is 0 Å². The molecule has 40 heavy (non-hydrogen) atoms. The van der Waals surface area contributed by atoms with Crippen molar-refractivity contribution in [2.45, 2.75) is 6.54 Å². The second-order valence-corrected chi connectivity index (χ2v) is 9.83. The maximum absolute atomic E-state index is 13.7. The molecule has 206 valence electrons. The molecule has 0 saturated carbocycles. The van der Waals surface area contributed by atoms with Crippen molar-refractivity contribution in [3.8, 4) is 11.6 Å². The summed E-state index contributed by atoms with van der Waals surface area (Å²) in [5.41, 5.74) is 1.16. The zero-order valence-corrected chi connectivity index (χ0v) is 22.9. The van der Waals surface area contributed by atoms with E-state index in [0.717, 1.165) is 18.9 Å². The number of amides is 2. The summed E-state index contributed by atoms with van der Waals surface area (Å²) >= 11 is 6.31. The van der Waals surface area contributed by atoms with Gasteiger partial charge in [0.15, 0.2) is 5.43 Å². The lowest BCUT2D eigenvalue weighted by Gasteiger charge is -2.27. The molecule has 0 unspecified atom stereocenters. The molecule has 1 aliphatic rings. The number of benzene rings is 2. The molecule has 2 aromatic carbocycles. The van der Waals surface area contributed by atoms with E-state index < -0.39 is 12.0 Å². The predicted octanol–water partition coefficient (Wildman–Crippen LogP) is 3.87. The van der Waals surface area contributed by atoms with Crippen LogP contribution >= 0.6 is 11.6 Å². The normalized spacial score (nSPS) is 13.2. The summed E-state index contributed by atoms with van der Waals surface area (Å²) in [6.45, 7) is 2.53. The van der Waals surface area contributed by atoms with Crippen molar-refractivity contribution < 1.29 is 19.1 Å². The van der Waals surface area contributed by atoms with Gasteiger partial charge in [-0.2, -0.15) is 0 Å². The summed E-state index contributed by atoms with van der Waals surface area (Å²) in [6, 6.07) is 17.5. The van der Waals surface area contributed by atoms with Gasteiger partial charge in [0.1, 0.15) is 5.82 Å². The van der Waals surface area contributed by atoms with E-state index in [1.54, 1.807) is 49.0 Å². The molecule has 0 spiro atoms. The highest BCUT2D eigenvalue weighted by molar-refractivity contribution is 6.31. The zero-order valence-electron chi connectivity index (χ0n) is 22.1. The number of nitrogens with one attached hydrogen (secondary N) is 1. The van der Waals surface area contributed by atoms with Crippen LogP contribution in [0.2, 0.25) is 5.02 Å². The van der Waals surface area contributed by atoms with E-state index in [4.69, 9.17) is 21.1 Å². The first-order valence-corrected chi connectivity index (χ1v) is 13.1. The van der Waals surface area contributed by atoms with Crippen molar-refractivity contribution in [2.24, 2.45) is 0 Å². The summed E-state index contributed by atoms with van der Waals surface area (Å²) < 4.78 is 12.8. The Morgan fingerprint density at radius 2 is 1.82 bits per heavy atom. The van der Waals surface area contributed by atoms with Gasteiger partial charge in [-0.05, 0) is 42.5 Å². The monoisotopic (exact) mass is 561 g/mol. The molecule has 1 saturated heterocycles. The molecule has 0 aliphatic carbocycles. The van der Waals surface area contributed by atoms with Crippen LogP contribution in [0.1, 0.15) is 15.9 Å². The number of nitrogens with zero attached hydrogens (tertiary/aromatic N) is 4. The third kappa shape index (κ3) is 5.63. The fourth-order valence-corrected chi connectivity index (χ4v) is 4.59. The summed E-state index contributed by atoms with van der Waals surface area (Å²) in [5.74, 6) is 0.329. The van der Waals surface area contributed by atoms with Crippen molar-refractivity contribution in [2.75, 3.05) is 45.3 Å².